The highest BCUT2D eigenvalue weighted by Gasteiger charge is 2.03. The molecular formula is C13H17N3O. The van der Waals surface area contributed by atoms with E-state index < -0.39 is 0 Å². The first-order valence-electron chi connectivity index (χ1n) is 5.74. The second-order valence-corrected chi connectivity index (χ2v) is 4.31. The number of hydrogen-bond acceptors (Lipinski definition) is 3. The van der Waals surface area contributed by atoms with Crippen molar-refractivity contribution in [1.82, 2.24) is 14.8 Å². The van der Waals surface area contributed by atoms with Crippen LogP contribution >= 0.6 is 0 Å². The van der Waals surface area contributed by atoms with Crippen LogP contribution in [0.1, 0.15) is 31.3 Å². The van der Waals surface area contributed by atoms with E-state index in [1.165, 1.54) is 0 Å². The molecule has 0 radical (unpaired) electrons. The molecule has 0 atom stereocenters. The lowest BCUT2D eigenvalue weighted by atomic mass is 10.3. The van der Waals surface area contributed by atoms with Crippen LogP contribution in [0.25, 0.3) is 0 Å². The third-order valence-electron chi connectivity index (χ3n) is 2.44. The van der Waals surface area contributed by atoms with Gasteiger partial charge in [0.25, 0.3) is 0 Å². The third-order valence-corrected chi connectivity index (χ3v) is 2.44. The van der Waals surface area contributed by atoms with E-state index in [9.17, 15) is 0 Å². The largest absolute Gasteiger partial charge is 0.484 e. The molecule has 0 aliphatic heterocycles. The van der Waals surface area contributed by atoms with Gasteiger partial charge in [-0.2, -0.15) is 5.10 Å². The standard InChI is InChI=1S/C13H17N3O/c1-10(2)16-8-13(7-14-16)17-9-12-6-4-5-11(3)15-12/h4-8,10H,9H2,1-3H3. The van der Waals surface area contributed by atoms with Gasteiger partial charge < -0.3 is 4.74 Å². The maximum Gasteiger partial charge on any atom is 0.157 e. The fourth-order valence-electron chi connectivity index (χ4n) is 1.51. The van der Waals surface area contributed by atoms with Gasteiger partial charge in [-0.05, 0) is 32.9 Å². The Morgan fingerprint density at radius 1 is 1.35 bits per heavy atom. The molecule has 0 aliphatic carbocycles. The second-order valence-electron chi connectivity index (χ2n) is 4.31. The van der Waals surface area contributed by atoms with Crippen LogP contribution in [0.3, 0.4) is 0 Å². The first-order chi connectivity index (χ1) is 8.15. The fourth-order valence-corrected chi connectivity index (χ4v) is 1.51. The van der Waals surface area contributed by atoms with E-state index in [0.29, 0.717) is 12.6 Å². The van der Waals surface area contributed by atoms with Crippen molar-refractivity contribution < 1.29 is 4.74 Å². The van der Waals surface area contributed by atoms with Crippen LogP contribution in [0.15, 0.2) is 30.6 Å². The topological polar surface area (TPSA) is 39.9 Å². The van der Waals surface area contributed by atoms with Gasteiger partial charge in [-0.15, -0.1) is 0 Å². The van der Waals surface area contributed by atoms with Crippen LogP contribution in [0.4, 0.5) is 0 Å². The van der Waals surface area contributed by atoms with Crippen molar-refractivity contribution >= 4 is 0 Å². The van der Waals surface area contributed by atoms with Crippen molar-refractivity contribution in [2.45, 2.75) is 33.4 Å². The van der Waals surface area contributed by atoms with Crippen LogP contribution in [-0.4, -0.2) is 14.8 Å². The SMILES string of the molecule is Cc1cccc(COc2cnn(C(C)C)c2)n1. The number of nitrogens with zero attached hydrogens (tertiary/aromatic N) is 3. The minimum absolute atomic E-state index is 0.351. The van der Waals surface area contributed by atoms with Crippen LogP contribution in [0, 0.1) is 6.92 Å². The first-order valence-corrected chi connectivity index (χ1v) is 5.74. The van der Waals surface area contributed by atoms with Gasteiger partial charge >= 0.3 is 0 Å². The van der Waals surface area contributed by atoms with Gasteiger partial charge in [0.2, 0.25) is 0 Å². The van der Waals surface area contributed by atoms with E-state index in [1.807, 2.05) is 36.0 Å². The minimum Gasteiger partial charge on any atom is -0.484 e. The van der Waals surface area contributed by atoms with Crippen molar-refractivity contribution in [3.05, 3.63) is 42.0 Å². The zero-order chi connectivity index (χ0) is 12.3. The van der Waals surface area contributed by atoms with E-state index in [1.54, 1.807) is 6.20 Å². The van der Waals surface area contributed by atoms with Crippen molar-refractivity contribution in [1.29, 1.82) is 0 Å². The summed E-state index contributed by atoms with van der Waals surface area (Å²) in [6.07, 6.45) is 3.64. The molecule has 90 valence electrons. The molecule has 2 rings (SSSR count). The summed E-state index contributed by atoms with van der Waals surface area (Å²) in [5.74, 6) is 0.780. The highest BCUT2D eigenvalue weighted by atomic mass is 16.5. The number of rotatable bonds is 4. The monoisotopic (exact) mass is 231 g/mol. The van der Waals surface area contributed by atoms with Gasteiger partial charge in [-0.3, -0.25) is 9.67 Å². The lowest BCUT2D eigenvalue weighted by Crippen LogP contribution is -2.00. The molecule has 2 heterocycles. The van der Waals surface area contributed by atoms with Crippen molar-refractivity contribution in [2.24, 2.45) is 0 Å². The summed E-state index contributed by atoms with van der Waals surface area (Å²) in [7, 11) is 0. The smallest absolute Gasteiger partial charge is 0.157 e. The summed E-state index contributed by atoms with van der Waals surface area (Å²) in [6, 6.07) is 6.27. The van der Waals surface area contributed by atoms with E-state index in [0.717, 1.165) is 17.1 Å². The molecule has 0 saturated heterocycles. The van der Waals surface area contributed by atoms with E-state index in [4.69, 9.17) is 4.74 Å². The minimum atomic E-state index is 0.351. The number of pyridine rings is 1. The fraction of sp³-hybridized carbons (Fsp3) is 0.385. The van der Waals surface area contributed by atoms with Gasteiger partial charge in [-0.25, -0.2) is 0 Å². The molecule has 4 nitrogen and oxygen atoms in total. The number of aromatic nitrogens is 3. The summed E-state index contributed by atoms with van der Waals surface area (Å²) >= 11 is 0. The first kappa shape index (κ1) is 11.6. The molecule has 0 amide bonds. The summed E-state index contributed by atoms with van der Waals surface area (Å²) in [6.45, 7) is 6.61. The number of aryl methyl sites for hydroxylation is 1. The molecule has 0 spiro atoms. The van der Waals surface area contributed by atoms with Crippen molar-refractivity contribution in [2.75, 3.05) is 0 Å². The third kappa shape index (κ3) is 3.06. The maximum atomic E-state index is 5.63. The van der Waals surface area contributed by atoms with Gasteiger partial charge in [0.1, 0.15) is 6.61 Å². The molecule has 0 N–H and O–H groups in total. The van der Waals surface area contributed by atoms with E-state index >= 15 is 0 Å². The summed E-state index contributed by atoms with van der Waals surface area (Å²) in [5.41, 5.74) is 1.94. The normalized spacial score (nSPS) is 10.8. The molecule has 4 heteroatoms. The van der Waals surface area contributed by atoms with Gasteiger partial charge in [-0.1, -0.05) is 6.07 Å². The van der Waals surface area contributed by atoms with Crippen molar-refractivity contribution in [3.63, 3.8) is 0 Å². The lowest BCUT2D eigenvalue weighted by molar-refractivity contribution is 0.300. The Morgan fingerprint density at radius 2 is 2.18 bits per heavy atom. The molecule has 0 bridgehead atoms. The number of ether oxygens (including phenoxy) is 1. The molecule has 0 saturated carbocycles. The van der Waals surface area contributed by atoms with Crippen LogP contribution in [0.2, 0.25) is 0 Å². The predicted octanol–water partition coefficient (Wildman–Crippen LogP) is 2.75. The van der Waals surface area contributed by atoms with Gasteiger partial charge in [0.15, 0.2) is 5.75 Å². The average molecular weight is 231 g/mol. The Balaban J connectivity index is 1.97. The molecule has 0 fully saturated rings. The summed E-state index contributed by atoms with van der Waals surface area (Å²) in [5, 5.41) is 4.22. The maximum absolute atomic E-state index is 5.63. The quantitative estimate of drug-likeness (QED) is 0.812. The van der Waals surface area contributed by atoms with E-state index in [-0.39, 0.29) is 0 Å². The van der Waals surface area contributed by atoms with Crippen LogP contribution in [-0.2, 0) is 6.61 Å². The Morgan fingerprint density at radius 3 is 2.82 bits per heavy atom. The highest BCUT2D eigenvalue weighted by Crippen LogP contribution is 2.13. The Hall–Kier alpha value is -1.84. The predicted molar refractivity (Wildman–Crippen MR) is 65.9 cm³/mol. The Bertz CT molecular complexity index is 491. The molecule has 2 aromatic heterocycles. The molecule has 17 heavy (non-hydrogen) atoms. The zero-order valence-corrected chi connectivity index (χ0v) is 10.4. The van der Waals surface area contributed by atoms with Crippen molar-refractivity contribution in [3.8, 4) is 5.75 Å². The van der Waals surface area contributed by atoms with Gasteiger partial charge in [0.05, 0.1) is 18.1 Å². The second kappa shape index (κ2) is 4.99. The molecule has 0 aromatic carbocycles. The van der Waals surface area contributed by atoms with Crippen LogP contribution < -0.4 is 4.74 Å². The lowest BCUT2D eigenvalue weighted by Gasteiger charge is -2.04. The average Bonchev–Trinajstić information content (AvgIpc) is 2.75. The summed E-state index contributed by atoms with van der Waals surface area (Å²) < 4.78 is 7.51. The van der Waals surface area contributed by atoms with E-state index in [2.05, 4.69) is 23.9 Å². The number of hydrogen-bond donors (Lipinski definition) is 0. The molecule has 0 unspecified atom stereocenters. The van der Waals surface area contributed by atoms with Gasteiger partial charge in [0, 0.05) is 11.7 Å². The summed E-state index contributed by atoms with van der Waals surface area (Å²) in [4.78, 5) is 4.38. The highest BCUT2D eigenvalue weighted by molar-refractivity contribution is 5.14. The zero-order valence-electron chi connectivity index (χ0n) is 10.4. The van der Waals surface area contributed by atoms with Crippen LogP contribution in [0.5, 0.6) is 5.75 Å². The molecular weight excluding hydrogens is 214 g/mol. The molecule has 2 aromatic rings. The molecule has 0 aliphatic rings. The Labute approximate surface area is 101 Å². The Kier molecular flexibility index (Phi) is 3.42.